The highest BCUT2D eigenvalue weighted by atomic mass is 15.2. The van der Waals surface area contributed by atoms with Crippen LogP contribution >= 0.6 is 0 Å². The first-order valence-corrected chi connectivity index (χ1v) is 7.29. The van der Waals surface area contributed by atoms with E-state index in [1.807, 2.05) is 6.07 Å². The van der Waals surface area contributed by atoms with Crippen LogP contribution in [0.3, 0.4) is 0 Å². The quantitative estimate of drug-likeness (QED) is 0.612. The maximum atomic E-state index is 8.61. The van der Waals surface area contributed by atoms with Crippen LogP contribution in [0.15, 0.2) is 48.1 Å². The Balaban J connectivity index is 1.58. The van der Waals surface area contributed by atoms with E-state index in [0.717, 1.165) is 29.5 Å². The molecular weight excluding hydrogens is 258 g/mol. The number of nitriles is 1. The summed E-state index contributed by atoms with van der Waals surface area (Å²) in [5, 5.41) is 8.61. The summed E-state index contributed by atoms with van der Waals surface area (Å²) in [6.45, 7) is 11.1. The fraction of sp³-hybridized carbons (Fsp3) is 0.333. The van der Waals surface area contributed by atoms with E-state index in [1.54, 1.807) is 6.21 Å². The minimum absolute atomic E-state index is 0.195. The number of benzene rings is 1. The van der Waals surface area contributed by atoms with E-state index >= 15 is 0 Å². The summed E-state index contributed by atoms with van der Waals surface area (Å²) in [5.74, 6) is 1.96. The normalized spacial score (nSPS) is 23.8. The number of hydrogen-bond acceptors (Lipinski definition) is 3. The van der Waals surface area contributed by atoms with Gasteiger partial charge < -0.3 is 0 Å². The van der Waals surface area contributed by atoms with E-state index in [1.165, 1.54) is 25.1 Å². The Kier molecular flexibility index (Phi) is 3.72. The van der Waals surface area contributed by atoms with Gasteiger partial charge in [0.2, 0.25) is 0 Å². The number of likely N-dealkylation sites (tertiary alicyclic amines) is 1. The molecule has 0 amide bonds. The molecule has 2 unspecified atom stereocenters. The van der Waals surface area contributed by atoms with Gasteiger partial charge >= 0.3 is 0 Å². The van der Waals surface area contributed by atoms with Crippen molar-refractivity contribution in [3.63, 3.8) is 0 Å². The van der Waals surface area contributed by atoms with E-state index in [-0.39, 0.29) is 5.70 Å². The number of hydrogen-bond donors (Lipinski definition) is 0. The Morgan fingerprint density at radius 3 is 2.57 bits per heavy atom. The molecule has 0 bridgehead atoms. The summed E-state index contributed by atoms with van der Waals surface area (Å²) in [4.78, 5) is 6.49. The van der Waals surface area contributed by atoms with Crippen molar-refractivity contribution < 1.29 is 0 Å². The van der Waals surface area contributed by atoms with E-state index < -0.39 is 0 Å². The maximum Gasteiger partial charge on any atom is 0.133 e. The van der Waals surface area contributed by atoms with Gasteiger partial charge in [-0.05, 0) is 35.0 Å². The number of allylic oxidation sites excluding steroid dienone is 2. The second kappa shape index (κ2) is 5.67. The molecule has 1 aliphatic carbocycles. The lowest BCUT2D eigenvalue weighted by Crippen LogP contribution is -2.21. The van der Waals surface area contributed by atoms with E-state index in [9.17, 15) is 0 Å². The van der Waals surface area contributed by atoms with Gasteiger partial charge in [0, 0.05) is 25.8 Å². The molecular formula is C18H19N3. The molecule has 0 N–H and O–H groups in total. The molecule has 1 aromatic rings. The van der Waals surface area contributed by atoms with Crippen LogP contribution in [0.1, 0.15) is 17.5 Å². The molecule has 1 aliphatic heterocycles. The van der Waals surface area contributed by atoms with Gasteiger partial charge in [0.05, 0.1) is 0 Å². The highest BCUT2D eigenvalue weighted by molar-refractivity contribution is 6.09. The Morgan fingerprint density at radius 1 is 1.29 bits per heavy atom. The second-order valence-corrected chi connectivity index (χ2v) is 5.99. The fourth-order valence-corrected chi connectivity index (χ4v) is 2.97. The lowest BCUT2D eigenvalue weighted by Gasteiger charge is -2.17. The monoisotopic (exact) mass is 277 g/mol. The zero-order valence-corrected chi connectivity index (χ0v) is 12.1. The number of rotatable bonds is 5. The number of fused-ring (bicyclic) bond motifs is 1. The third-order valence-electron chi connectivity index (χ3n) is 4.29. The van der Waals surface area contributed by atoms with E-state index in [2.05, 4.69) is 47.3 Å². The van der Waals surface area contributed by atoms with Crippen molar-refractivity contribution in [3.05, 3.63) is 54.2 Å². The average molecular weight is 277 g/mol. The SMILES string of the molecule is C=C(C#N)/N=C/C(=C)c1ccc(CN2CC3CC3C2)cc1. The number of piperidine rings is 1. The molecule has 106 valence electrons. The van der Waals surface area contributed by atoms with Crippen LogP contribution in [-0.4, -0.2) is 24.2 Å². The fourth-order valence-electron chi connectivity index (χ4n) is 2.97. The predicted molar refractivity (Wildman–Crippen MR) is 85.6 cm³/mol. The highest BCUT2D eigenvalue weighted by Gasteiger charge is 2.44. The van der Waals surface area contributed by atoms with E-state index in [0.29, 0.717) is 0 Å². The third kappa shape index (κ3) is 3.29. The maximum absolute atomic E-state index is 8.61. The Bertz CT molecular complexity index is 623. The van der Waals surface area contributed by atoms with Crippen molar-refractivity contribution >= 4 is 11.8 Å². The third-order valence-corrected chi connectivity index (χ3v) is 4.29. The van der Waals surface area contributed by atoms with Crippen molar-refractivity contribution in [2.75, 3.05) is 13.1 Å². The lowest BCUT2D eigenvalue weighted by atomic mass is 10.1. The van der Waals surface area contributed by atoms with Crippen LogP contribution in [0, 0.1) is 23.2 Å². The van der Waals surface area contributed by atoms with Gasteiger partial charge in [-0.1, -0.05) is 37.4 Å². The van der Waals surface area contributed by atoms with Crippen LogP contribution in [0.2, 0.25) is 0 Å². The Morgan fingerprint density at radius 2 is 1.95 bits per heavy atom. The second-order valence-electron chi connectivity index (χ2n) is 5.99. The summed E-state index contributed by atoms with van der Waals surface area (Å²) in [6.07, 6.45) is 3.04. The molecule has 2 atom stereocenters. The zero-order chi connectivity index (χ0) is 14.8. The summed E-state index contributed by atoms with van der Waals surface area (Å²) in [5.41, 5.74) is 3.35. The molecule has 3 nitrogen and oxygen atoms in total. The van der Waals surface area contributed by atoms with Gasteiger partial charge in [-0.3, -0.25) is 4.90 Å². The first-order chi connectivity index (χ1) is 10.2. The molecule has 2 aliphatic rings. The topological polar surface area (TPSA) is 39.4 Å². The van der Waals surface area contributed by atoms with Gasteiger partial charge in [-0.25, -0.2) is 4.99 Å². The zero-order valence-electron chi connectivity index (χ0n) is 12.1. The van der Waals surface area contributed by atoms with Crippen molar-refractivity contribution in [3.8, 4) is 6.07 Å². The molecule has 1 heterocycles. The summed E-state index contributed by atoms with van der Waals surface area (Å²) < 4.78 is 0. The van der Waals surface area contributed by atoms with Crippen molar-refractivity contribution in [2.45, 2.75) is 13.0 Å². The summed E-state index contributed by atoms with van der Waals surface area (Å²) in [7, 11) is 0. The van der Waals surface area contributed by atoms with E-state index in [4.69, 9.17) is 5.26 Å². The molecule has 0 spiro atoms. The Labute approximate surface area is 125 Å². The first kappa shape index (κ1) is 13.8. The molecule has 3 heteroatoms. The number of aliphatic imine (C=N–C) groups is 1. The van der Waals surface area contributed by atoms with Crippen LogP contribution in [0.4, 0.5) is 0 Å². The first-order valence-electron chi connectivity index (χ1n) is 7.29. The number of nitrogens with zero attached hydrogens (tertiary/aromatic N) is 3. The largest absolute Gasteiger partial charge is 0.299 e. The van der Waals surface area contributed by atoms with Crippen LogP contribution in [-0.2, 0) is 6.54 Å². The van der Waals surface area contributed by atoms with Gasteiger partial charge in [0.1, 0.15) is 11.8 Å². The minimum atomic E-state index is 0.195. The lowest BCUT2D eigenvalue weighted by molar-refractivity contribution is 0.297. The van der Waals surface area contributed by atoms with Gasteiger partial charge in [-0.15, -0.1) is 0 Å². The molecule has 3 rings (SSSR count). The highest BCUT2D eigenvalue weighted by Crippen LogP contribution is 2.45. The minimum Gasteiger partial charge on any atom is -0.299 e. The summed E-state index contributed by atoms with van der Waals surface area (Å²) in [6, 6.07) is 10.3. The molecule has 21 heavy (non-hydrogen) atoms. The van der Waals surface area contributed by atoms with Crippen LogP contribution in [0.5, 0.6) is 0 Å². The van der Waals surface area contributed by atoms with Gasteiger partial charge in [0.15, 0.2) is 0 Å². The van der Waals surface area contributed by atoms with Crippen LogP contribution in [0.25, 0.3) is 5.57 Å². The molecule has 0 aromatic heterocycles. The summed E-state index contributed by atoms with van der Waals surface area (Å²) >= 11 is 0. The average Bonchev–Trinajstić information content (AvgIpc) is 3.12. The van der Waals surface area contributed by atoms with Crippen LogP contribution < -0.4 is 0 Å². The van der Waals surface area contributed by atoms with Crippen molar-refractivity contribution in [2.24, 2.45) is 16.8 Å². The van der Waals surface area contributed by atoms with Gasteiger partial charge in [-0.2, -0.15) is 5.26 Å². The standard InChI is InChI=1S/C18H19N3/c1-13(9-20-14(2)8-19)16-5-3-15(4-6-16)10-21-11-17-7-18(17)12-21/h3-6,9,17-18H,1-2,7,10-12H2/b20-9+. The molecule has 2 fully saturated rings. The van der Waals surface area contributed by atoms with Crippen molar-refractivity contribution in [1.29, 1.82) is 5.26 Å². The molecule has 1 saturated carbocycles. The molecule has 1 aromatic carbocycles. The molecule has 1 saturated heterocycles. The van der Waals surface area contributed by atoms with Gasteiger partial charge in [0.25, 0.3) is 0 Å². The predicted octanol–water partition coefficient (Wildman–Crippen LogP) is 3.26. The molecule has 0 radical (unpaired) electrons. The smallest absolute Gasteiger partial charge is 0.133 e. The Hall–Kier alpha value is -2.18. The van der Waals surface area contributed by atoms with Crippen molar-refractivity contribution in [1.82, 2.24) is 4.90 Å².